The summed E-state index contributed by atoms with van der Waals surface area (Å²) in [5.74, 6) is -2.49. The molecule has 23 heavy (non-hydrogen) atoms. The highest BCUT2D eigenvalue weighted by Gasteiger charge is 2.37. The summed E-state index contributed by atoms with van der Waals surface area (Å²) >= 11 is 0. The zero-order valence-electron chi connectivity index (χ0n) is 11.4. The van der Waals surface area contributed by atoms with Gasteiger partial charge in [0.2, 0.25) is 5.56 Å². The number of rotatable bonds is 2. The van der Waals surface area contributed by atoms with E-state index in [1.807, 2.05) is 0 Å². The maximum atomic E-state index is 14.3. The molecule has 1 aliphatic rings. The highest BCUT2D eigenvalue weighted by atomic mass is 32.2. The summed E-state index contributed by atoms with van der Waals surface area (Å²) < 4.78 is 40.0. The monoisotopic (exact) mass is 339 g/mol. The number of H-pyrrole nitrogens is 1. The number of aromatic amines is 1. The van der Waals surface area contributed by atoms with Crippen LogP contribution in [0.5, 0.6) is 5.75 Å². The Kier molecular flexibility index (Phi) is 3.33. The Balaban J connectivity index is 2.10. The molecule has 3 rings (SSSR count). The van der Waals surface area contributed by atoms with Crippen LogP contribution < -0.4 is 14.6 Å². The number of benzene rings is 1. The summed E-state index contributed by atoms with van der Waals surface area (Å²) in [5.41, 5.74) is -0.306. The van der Waals surface area contributed by atoms with Crippen LogP contribution in [-0.2, 0) is 15.0 Å². The summed E-state index contributed by atoms with van der Waals surface area (Å²) in [6.07, 6.45) is 1.33. The highest BCUT2D eigenvalue weighted by Crippen LogP contribution is 2.37. The van der Waals surface area contributed by atoms with Crippen LogP contribution in [0.2, 0.25) is 0 Å². The van der Waals surface area contributed by atoms with Crippen LogP contribution in [0.1, 0.15) is 0 Å². The number of amides is 1. The Morgan fingerprint density at radius 1 is 1.17 bits per heavy atom. The van der Waals surface area contributed by atoms with Gasteiger partial charge >= 0.3 is 10.2 Å². The number of phenols is 1. The van der Waals surface area contributed by atoms with E-state index in [1.54, 1.807) is 4.72 Å². The van der Waals surface area contributed by atoms with Crippen molar-refractivity contribution in [3.8, 4) is 16.9 Å². The molecule has 0 saturated carbocycles. The van der Waals surface area contributed by atoms with Gasteiger partial charge in [0.1, 0.15) is 18.0 Å². The molecule has 1 fully saturated rings. The summed E-state index contributed by atoms with van der Waals surface area (Å²) in [4.78, 5) is 24.6. The van der Waals surface area contributed by atoms with Crippen molar-refractivity contribution >= 4 is 21.8 Å². The van der Waals surface area contributed by atoms with E-state index in [0.29, 0.717) is 9.87 Å². The quantitative estimate of drug-likeness (QED) is 0.715. The van der Waals surface area contributed by atoms with Crippen LogP contribution in [0.4, 0.5) is 10.1 Å². The molecule has 1 amide bonds. The van der Waals surface area contributed by atoms with Crippen molar-refractivity contribution in [3.63, 3.8) is 0 Å². The van der Waals surface area contributed by atoms with Crippen LogP contribution in [0.15, 0.2) is 35.3 Å². The van der Waals surface area contributed by atoms with Gasteiger partial charge in [0.15, 0.2) is 5.82 Å². The van der Waals surface area contributed by atoms with E-state index in [9.17, 15) is 27.5 Å². The fraction of sp³-hybridized carbons (Fsp3) is 0.0769. The van der Waals surface area contributed by atoms with Gasteiger partial charge in [-0.05, 0) is 29.3 Å². The lowest BCUT2D eigenvalue weighted by atomic mass is 10.1. The van der Waals surface area contributed by atoms with Gasteiger partial charge < -0.3 is 10.1 Å². The number of phenolic OH excluding ortho intramolecular Hbond substituents is 1. The maximum absolute atomic E-state index is 14.3. The van der Waals surface area contributed by atoms with Crippen LogP contribution in [0.3, 0.4) is 0 Å². The molecule has 1 aromatic heterocycles. The minimum absolute atomic E-state index is 0.232. The molecular formula is C13H10FN3O5S. The largest absolute Gasteiger partial charge is 0.506 e. The van der Waals surface area contributed by atoms with Gasteiger partial charge in [-0.25, -0.2) is 13.4 Å². The molecule has 1 saturated heterocycles. The van der Waals surface area contributed by atoms with E-state index in [0.717, 1.165) is 12.1 Å². The van der Waals surface area contributed by atoms with E-state index in [2.05, 4.69) is 4.98 Å². The van der Waals surface area contributed by atoms with Crippen molar-refractivity contribution in [2.45, 2.75) is 0 Å². The van der Waals surface area contributed by atoms with Gasteiger partial charge in [-0.2, -0.15) is 8.42 Å². The van der Waals surface area contributed by atoms with Crippen molar-refractivity contribution < 1.29 is 22.7 Å². The molecular weight excluding hydrogens is 329 g/mol. The highest BCUT2D eigenvalue weighted by molar-refractivity contribution is 7.92. The van der Waals surface area contributed by atoms with Gasteiger partial charge in [0, 0.05) is 12.3 Å². The molecule has 0 spiro atoms. The number of hydrogen-bond donors (Lipinski definition) is 3. The molecule has 0 atom stereocenters. The number of anilines is 1. The molecule has 1 aromatic carbocycles. The lowest BCUT2D eigenvalue weighted by Crippen LogP contribution is -2.30. The molecule has 0 radical (unpaired) electrons. The van der Waals surface area contributed by atoms with Gasteiger partial charge in [-0.3, -0.25) is 9.59 Å². The first-order valence-electron chi connectivity index (χ1n) is 6.33. The SMILES string of the molecule is O=C1CN(c2c(O)cc(-c3ccc(=O)[nH]c3)cc2F)S(=O)(=O)N1. The second kappa shape index (κ2) is 5.09. The maximum Gasteiger partial charge on any atom is 0.326 e. The predicted octanol–water partition coefficient (Wildman–Crippen LogP) is 0.0676. The number of pyridine rings is 1. The van der Waals surface area contributed by atoms with E-state index in [4.69, 9.17) is 0 Å². The van der Waals surface area contributed by atoms with Crippen molar-refractivity contribution in [2.24, 2.45) is 0 Å². The zero-order chi connectivity index (χ0) is 16.8. The Hall–Kier alpha value is -2.88. The number of carbonyl (C=O) groups excluding carboxylic acids is 1. The van der Waals surface area contributed by atoms with Crippen LogP contribution >= 0.6 is 0 Å². The average molecular weight is 339 g/mol. The van der Waals surface area contributed by atoms with Gasteiger partial charge in [-0.15, -0.1) is 0 Å². The molecule has 0 unspecified atom stereocenters. The van der Waals surface area contributed by atoms with Gasteiger partial charge in [-0.1, -0.05) is 0 Å². The Morgan fingerprint density at radius 2 is 1.91 bits per heavy atom. The molecule has 2 heterocycles. The Bertz CT molecular complexity index is 926. The topological polar surface area (TPSA) is 120 Å². The van der Waals surface area contributed by atoms with Crippen LogP contribution in [0, 0.1) is 5.82 Å². The first kappa shape index (κ1) is 15.0. The molecule has 2 aromatic rings. The Morgan fingerprint density at radius 3 is 2.43 bits per heavy atom. The lowest BCUT2D eigenvalue weighted by molar-refractivity contribution is -0.117. The third-order valence-electron chi connectivity index (χ3n) is 3.23. The van der Waals surface area contributed by atoms with Crippen molar-refractivity contribution in [3.05, 3.63) is 46.6 Å². The summed E-state index contributed by atoms with van der Waals surface area (Å²) in [6, 6.07) is 4.79. The minimum atomic E-state index is -4.23. The number of aromatic nitrogens is 1. The molecule has 1 aliphatic heterocycles. The molecule has 3 N–H and O–H groups in total. The number of aromatic hydroxyl groups is 1. The summed E-state index contributed by atoms with van der Waals surface area (Å²) in [5, 5.41) is 10.0. The zero-order valence-corrected chi connectivity index (χ0v) is 12.2. The van der Waals surface area contributed by atoms with Crippen LogP contribution in [-0.4, -0.2) is 31.0 Å². The third-order valence-corrected chi connectivity index (χ3v) is 4.61. The summed E-state index contributed by atoms with van der Waals surface area (Å²) in [7, 11) is -4.23. The van der Waals surface area contributed by atoms with E-state index < -0.39 is 39.9 Å². The number of carbonyl (C=O) groups is 1. The first-order valence-corrected chi connectivity index (χ1v) is 7.77. The fourth-order valence-corrected chi connectivity index (χ4v) is 3.40. The third kappa shape index (κ3) is 2.63. The first-order chi connectivity index (χ1) is 10.8. The van der Waals surface area contributed by atoms with Crippen molar-refractivity contribution in [2.75, 3.05) is 10.8 Å². The van der Waals surface area contributed by atoms with Gasteiger partial charge in [0.05, 0.1) is 0 Å². The van der Waals surface area contributed by atoms with Crippen LogP contribution in [0.25, 0.3) is 11.1 Å². The molecule has 0 bridgehead atoms. The normalized spacial score (nSPS) is 16.4. The van der Waals surface area contributed by atoms with Gasteiger partial charge in [0.25, 0.3) is 5.91 Å². The smallest absolute Gasteiger partial charge is 0.326 e. The van der Waals surface area contributed by atoms with Crippen molar-refractivity contribution in [1.29, 1.82) is 0 Å². The fourth-order valence-electron chi connectivity index (χ4n) is 2.23. The van der Waals surface area contributed by atoms with Crippen molar-refractivity contribution in [1.82, 2.24) is 9.71 Å². The second-order valence-electron chi connectivity index (χ2n) is 4.80. The molecule has 0 aliphatic carbocycles. The minimum Gasteiger partial charge on any atom is -0.506 e. The molecule has 8 nitrogen and oxygen atoms in total. The second-order valence-corrected chi connectivity index (χ2v) is 6.40. The molecule has 120 valence electrons. The van der Waals surface area contributed by atoms with E-state index >= 15 is 0 Å². The van der Waals surface area contributed by atoms with E-state index in [1.165, 1.54) is 18.3 Å². The average Bonchev–Trinajstić information content (AvgIpc) is 2.71. The standard InChI is InChI=1S/C13H10FN3O5S/c14-9-3-8(7-1-2-11(19)15-5-7)4-10(18)13(9)17-6-12(20)16-23(17,21)22/h1-5,18H,6H2,(H,15,19)(H,16,20). The number of nitrogens with zero attached hydrogens (tertiary/aromatic N) is 1. The summed E-state index contributed by atoms with van der Waals surface area (Å²) in [6.45, 7) is -0.620. The molecule has 10 heteroatoms. The number of hydrogen-bond acceptors (Lipinski definition) is 5. The van der Waals surface area contributed by atoms with E-state index in [-0.39, 0.29) is 11.1 Å². The number of nitrogens with one attached hydrogen (secondary N) is 2. The predicted molar refractivity (Wildman–Crippen MR) is 78.5 cm³/mol. The lowest BCUT2D eigenvalue weighted by Gasteiger charge is -2.17. The Labute approximate surface area is 129 Å². The number of halogens is 1.